The Bertz CT molecular complexity index is 125. The van der Waals surface area contributed by atoms with Crippen LogP contribution in [0.25, 0.3) is 0 Å². The molecule has 1 rings (SSSR count). The summed E-state index contributed by atoms with van der Waals surface area (Å²) in [6, 6.07) is 0. The van der Waals surface area contributed by atoms with E-state index in [4.69, 9.17) is 5.84 Å². The van der Waals surface area contributed by atoms with E-state index in [1.807, 2.05) is 6.92 Å². The van der Waals surface area contributed by atoms with Gasteiger partial charge in [-0.3, -0.25) is 0 Å². The van der Waals surface area contributed by atoms with Gasteiger partial charge >= 0.3 is 0 Å². The lowest BCUT2D eigenvalue weighted by Gasteiger charge is -1.79. The normalized spacial score (nSPS) is 18.0. The molecule has 0 saturated carbocycles. The molecule has 0 aromatic carbocycles. The molecule has 1 radical (unpaired) electrons. The lowest BCUT2D eigenvalue weighted by molar-refractivity contribution is 0.404. The van der Waals surface area contributed by atoms with E-state index >= 15 is 0 Å². The van der Waals surface area contributed by atoms with Crippen molar-refractivity contribution >= 4 is 0 Å². The van der Waals surface area contributed by atoms with Crippen molar-refractivity contribution in [1.29, 1.82) is 0 Å². The Kier molecular flexibility index (Phi) is 0.796. The highest BCUT2D eigenvalue weighted by Crippen LogP contribution is 1.94. The third kappa shape index (κ3) is 0.747. The fourth-order valence-electron chi connectivity index (χ4n) is 0.365. The summed E-state index contributed by atoms with van der Waals surface area (Å²) in [5.41, 5.74) is 0.836. The Morgan fingerprint density at radius 3 is 2.86 bits per heavy atom. The molecule has 0 atom stereocenters. The molecule has 2 N–H and O–H groups in total. The highest BCUT2D eigenvalue weighted by Gasteiger charge is 2.10. The molecule has 0 aliphatic carbocycles. The van der Waals surface area contributed by atoms with Crippen LogP contribution in [0.5, 0.6) is 0 Å². The first-order valence-electron chi connectivity index (χ1n) is 1.93. The molecule has 1 aliphatic rings. The summed E-state index contributed by atoms with van der Waals surface area (Å²) in [4.78, 5) is 0. The van der Waals surface area contributed by atoms with Crippen molar-refractivity contribution in [2.24, 2.45) is 11.1 Å². The fourth-order valence-corrected chi connectivity index (χ4v) is 0.365. The Balaban J connectivity index is 2.69. The van der Waals surface area contributed by atoms with E-state index in [-0.39, 0.29) is 0 Å². The molecule has 7 heavy (non-hydrogen) atoms. The molecular weight excluding hydrogens is 92.1 g/mol. The second kappa shape index (κ2) is 1.31. The molecule has 1 heterocycles. The SMILES string of the molecule is CC1=CN(N)N=[N+]1. The second-order valence-corrected chi connectivity index (χ2v) is 1.34. The van der Waals surface area contributed by atoms with Gasteiger partial charge in [-0.1, -0.05) is 5.12 Å². The lowest BCUT2D eigenvalue weighted by atomic mass is 10.6. The van der Waals surface area contributed by atoms with Gasteiger partial charge in [0.25, 0.3) is 0 Å². The second-order valence-electron chi connectivity index (χ2n) is 1.34. The molecule has 4 heteroatoms. The van der Waals surface area contributed by atoms with Crippen LogP contribution in [0.3, 0.4) is 0 Å². The number of hydrogen-bond donors (Lipinski definition) is 1. The Hall–Kier alpha value is -0.900. The third-order valence-electron chi connectivity index (χ3n) is 0.625. The molecule has 0 fully saturated rings. The maximum atomic E-state index is 5.12. The number of hydrazine groups is 1. The molecule has 0 spiro atoms. The van der Waals surface area contributed by atoms with Crippen molar-refractivity contribution in [3.8, 4) is 0 Å². The van der Waals surface area contributed by atoms with Crippen LogP contribution in [0, 0.1) is 0 Å². The predicted octanol–water partition coefficient (Wildman–Crippen LogP) is -0.260. The molecule has 0 saturated heterocycles. The van der Waals surface area contributed by atoms with Gasteiger partial charge in [-0.25, -0.2) is 0 Å². The largest absolute Gasteiger partial charge is 0.220 e. The highest BCUT2D eigenvalue weighted by atomic mass is 15.7. The summed E-state index contributed by atoms with van der Waals surface area (Å²) in [6.07, 6.45) is 1.64. The van der Waals surface area contributed by atoms with Crippen LogP contribution < -0.4 is 11.0 Å². The van der Waals surface area contributed by atoms with Gasteiger partial charge in [-0.15, -0.1) is 5.84 Å². The van der Waals surface area contributed by atoms with E-state index in [2.05, 4.69) is 10.3 Å². The number of allylic oxidation sites excluding steroid dienone is 1. The zero-order chi connectivity index (χ0) is 5.28. The predicted molar refractivity (Wildman–Crippen MR) is 24.3 cm³/mol. The zero-order valence-corrected chi connectivity index (χ0v) is 4.00. The number of nitrogens with zero attached hydrogens (tertiary/aromatic N) is 3. The molecule has 0 aromatic rings. The first-order valence-corrected chi connectivity index (χ1v) is 1.93. The number of nitrogens with two attached hydrogens (primary N) is 1. The van der Waals surface area contributed by atoms with Crippen molar-refractivity contribution in [3.63, 3.8) is 0 Å². The summed E-state index contributed by atoms with van der Waals surface area (Å²) in [5, 5.41) is 8.24. The highest BCUT2D eigenvalue weighted by molar-refractivity contribution is 4.92. The standard InChI is InChI=1S/C3H6N4/c1-3-2-7(4)6-5-3/h2H,4H2,1H3/q+1. The minimum absolute atomic E-state index is 0.836. The van der Waals surface area contributed by atoms with Crippen LogP contribution in [-0.4, -0.2) is 5.12 Å². The number of rotatable bonds is 0. The quantitative estimate of drug-likeness (QED) is 0.424. The van der Waals surface area contributed by atoms with Gasteiger partial charge in [0.1, 0.15) is 0 Å². The monoisotopic (exact) mass is 98.1 g/mol. The molecule has 0 bridgehead atoms. The van der Waals surface area contributed by atoms with Crippen LogP contribution in [0.15, 0.2) is 17.1 Å². The van der Waals surface area contributed by atoms with E-state index in [1.165, 1.54) is 5.12 Å². The van der Waals surface area contributed by atoms with Gasteiger partial charge in [-0.05, 0) is 0 Å². The lowest BCUT2D eigenvalue weighted by Crippen LogP contribution is -2.14. The van der Waals surface area contributed by atoms with Gasteiger partial charge in [-0.2, -0.15) is 0 Å². The zero-order valence-electron chi connectivity index (χ0n) is 4.00. The van der Waals surface area contributed by atoms with Gasteiger partial charge < -0.3 is 0 Å². The fraction of sp³-hybridized carbons (Fsp3) is 0.333. The molecule has 37 valence electrons. The Labute approximate surface area is 41.3 Å². The van der Waals surface area contributed by atoms with E-state index in [0.717, 1.165) is 5.70 Å². The summed E-state index contributed by atoms with van der Waals surface area (Å²) in [7, 11) is 0. The minimum atomic E-state index is 0.836. The van der Waals surface area contributed by atoms with Crippen molar-refractivity contribution in [2.45, 2.75) is 6.92 Å². The van der Waals surface area contributed by atoms with Crippen molar-refractivity contribution in [2.75, 3.05) is 0 Å². The van der Waals surface area contributed by atoms with Gasteiger partial charge in [0.2, 0.25) is 5.70 Å². The molecule has 0 unspecified atom stereocenters. The van der Waals surface area contributed by atoms with E-state index in [9.17, 15) is 0 Å². The molecule has 1 aliphatic heterocycles. The Morgan fingerprint density at radius 1 is 2.00 bits per heavy atom. The van der Waals surface area contributed by atoms with Crippen LogP contribution in [0.4, 0.5) is 0 Å². The number of hydrogen-bond acceptors (Lipinski definition) is 4. The molecule has 4 nitrogen and oxygen atoms in total. The van der Waals surface area contributed by atoms with Crippen LogP contribution in [0.2, 0.25) is 0 Å². The van der Waals surface area contributed by atoms with Gasteiger partial charge in [0.15, 0.2) is 11.4 Å². The topological polar surface area (TPSA) is 55.7 Å². The minimum Gasteiger partial charge on any atom is -0.149 e. The van der Waals surface area contributed by atoms with Gasteiger partial charge in [0.05, 0.1) is 5.11 Å². The summed E-state index contributed by atoms with van der Waals surface area (Å²) in [5.74, 6) is 5.12. The Morgan fingerprint density at radius 2 is 2.71 bits per heavy atom. The van der Waals surface area contributed by atoms with Crippen LogP contribution in [0.1, 0.15) is 6.92 Å². The van der Waals surface area contributed by atoms with Crippen molar-refractivity contribution < 1.29 is 0 Å². The van der Waals surface area contributed by atoms with Crippen LogP contribution >= 0.6 is 0 Å². The van der Waals surface area contributed by atoms with Crippen LogP contribution in [-0.2, 0) is 0 Å². The van der Waals surface area contributed by atoms with E-state index in [1.54, 1.807) is 6.20 Å². The van der Waals surface area contributed by atoms with Crippen molar-refractivity contribution in [1.82, 2.24) is 10.2 Å². The van der Waals surface area contributed by atoms with E-state index in [0.29, 0.717) is 0 Å². The van der Waals surface area contributed by atoms with Gasteiger partial charge in [0, 0.05) is 6.92 Å². The van der Waals surface area contributed by atoms with E-state index < -0.39 is 0 Å². The molecule has 0 amide bonds. The molecule has 0 aromatic heterocycles. The average molecular weight is 98.1 g/mol. The summed E-state index contributed by atoms with van der Waals surface area (Å²) in [6.45, 7) is 1.83. The maximum Gasteiger partial charge on any atom is 0.220 e. The molecular formula is C3H6N4+. The maximum absolute atomic E-state index is 5.12. The first-order chi connectivity index (χ1) is 3.29. The van der Waals surface area contributed by atoms with Crippen molar-refractivity contribution in [3.05, 3.63) is 11.9 Å². The third-order valence-corrected chi connectivity index (χ3v) is 0.625. The summed E-state index contributed by atoms with van der Waals surface area (Å²) >= 11 is 0. The average Bonchev–Trinajstić information content (AvgIpc) is 1.87. The first kappa shape index (κ1) is 4.26. The summed E-state index contributed by atoms with van der Waals surface area (Å²) < 4.78 is 0. The smallest absolute Gasteiger partial charge is 0.149 e.